The fourth-order valence-corrected chi connectivity index (χ4v) is 12.4. The van der Waals surface area contributed by atoms with Gasteiger partial charge in [0, 0.05) is 37.9 Å². The first-order valence-electron chi connectivity index (χ1n) is 20.6. The van der Waals surface area contributed by atoms with Crippen molar-refractivity contribution < 1.29 is 85.0 Å². The van der Waals surface area contributed by atoms with Crippen molar-refractivity contribution in [1.29, 1.82) is 0 Å². The molecular formula is C40H68O17. The summed E-state index contributed by atoms with van der Waals surface area (Å²) in [6, 6.07) is 0. The van der Waals surface area contributed by atoms with E-state index in [-0.39, 0.29) is 44.0 Å². The maximum Gasteiger partial charge on any atom is 0.187 e. The predicted molar refractivity (Wildman–Crippen MR) is 197 cm³/mol. The zero-order valence-electron chi connectivity index (χ0n) is 33.6. The van der Waals surface area contributed by atoms with Gasteiger partial charge < -0.3 is 85.0 Å². The summed E-state index contributed by atoms with van der Waals surface area (Å²) in [5, 5.41) is 131. The van der Waals surface area contributed by atoms with Crippen LogP contribution in [0.1, 0.15) is 59.8 Å². The fraction of sp³-hybridized carbons (Fsp3) is 0.950. The minimum absolute atomic E-state index is 0.0833. The monoisotopic (exact) mass is 820 g/mol. The summed E-state index contributed by atoms with van der Waals surface area (Å²) in [4.78, 5) is 0. The Bertz CT molecular complexity index is 1370. The van der Waals surface area contributed by atoms with Crippen LogP contribution < -0.4 is 0 Å². The summed E-state index contributed by atoms with van der Waals surface area (Å²) < 4.78 is 28.9. The fourth-order valence-electron chi connectivity index (χ4n) is 12.4. The Labute approximate surface area is 333 Å². The van der Waals surface area contributed by atoms with Crippen molar-refractivity contribution in [3.63, 3.8) is 0 Å². The van der Waals surface area contributed by atoms with E-state index >= 15 is 0 Å². The topological polar surface area (TPSA) is 289 Å². The molecule has 6 fully saturated rings. The van der Waals surface area contributed by atoms with Crippen molar-refractivity contribution in [3.05, 3.63) is 12.2 Å². The van der Waals surface area contributed by atoms with Crippen LogP contribution in [-0.2, 0) is 23.7 Å². The summed E-state index contributed by atoms with van der Waals surface area (Å²) in [5.41, 5.74) is -3.01. The number of hydrogen-bond acceptors (Lipinski definition) is 17. The highest BCUT2D eigenvalue weighted by molar-refractivity contribution is 5.23. The number of hydrogen-bond donors (Lipinski definition) is 12. The maximum atomic E-state index is 12.7. The van der Waals surface area contributed by atoms with E-state index in [1.54, 1.807) is 6.92 Å². The number of allylic oxidation sites excluding steroid dienone is 1. The van der Waals surface area contributed by atoms with Gasteiger partial charge in [0.05, 0.1) is 55.9 Å². The van der Waals surface area contributed by atoms with Gasteiger partial charge in [-0.15, -0.1) is 0 Å². The van der Waals surface area contributed by atoms with Crippen LogP contribution in [0.4, 0.5) is 0 Å². The van der Waals surface area contributed by atoms with Gasteiger partial charge in [0.2, 0.25) is 0 Å². The molecule has 2 heterocycles. The maximum absolute atomic E-state index is 12.7. The molecule has 0 radical (unpaired) electrons. The number of ether oxygens (including phenoxy) is 5. The molecule has 2 saturated heterocycles. The molecule has 6 aliphatic rings. The lowest BCUT2D eigenvalue weighted by Gasteiger charge is -2.66. The lowest BCUT2D eigenvalue weighted by Crippen LogP contribution is -2.71. The van der Waals surface area contributed by atoms with Gasteiger partial charge >= 0.3 is 0 Å². The van der Waals surface area contributed by atoms with Crippen molar-refractivity contribution in [3.8, 4) is 0 Å². The zero-order chi connectivity index (χ0) is 41.9. The second-order valence-electron chi connectivity index (χ2n) is 18.6. The molecule has 0 bridgehead atoms. The third-order valence-corrected chi connectivity index (χ3v) is 15.4. The summed E-state index contributed by atoms with van der Waals surface area (Å²) in [5.74, 6) is -3.53. The minimum Gasteiger partial charge on any atom is -0.396 e. The van der Waals surface area contributed by atoms with Crippen LogP contribution in [0.2, 0.25) is 0 Å². The summed E-state index contributed by atoms with van der Waals surface area (Å²) >= 11 is 0. The van der Waals surface area contributed by atoms with Crippen LogP contribution in [0.5, 0.6) is 0 Å². The van der Waals surface area contributed by atoms with Crippen LogP contribution in [-0.4, -0.2) is 186 Å². The molecule has 12 N–H and O–H groups in total. The van der Waals surface area contributed by atoms with E-state index in [9.17, 15) is 61.3 Å². The molecule has 0 aromatic heterocycles. The van der Waals surface area contributed by atoms with Crippen molar-refractivity contribution in [2.45, 2.75) is 151 Å². The van der Waals surface area contributed by atoms with E-state index < -0.39 is 133 Å². The Kier molecular flexibility index (Phi) is 13.9. The Morgan fingerprint density at radius 2 is 1.46 bits per heavy atom. The molecular weight excluding hydrogens is 752 g/mol. The highest BCUT2D eigenvalue weighted by Crippen LogP contribution is 2.69. The normalized spacial score (nSPS) is 52.2. The van der Waals surface area contributed by atoms with Crippen molar-refractivity contribution >= 4 is 0 Å². The van der Waals surface area contributed by atoms with Gasteiger partial charge in [0.25, 0.3) is 0 Å². The number of aliphatic hydroxyl groups excluding tert-OH is 11. The molecule has 2 aliphatic heterocycles. The molecule has 0 aromatic carbocycles. The molecule has 17 heteroatoms. The Balaban J connectivity index is 1.19. The zero-order valence-corrected chi connectivity index (χ0v) is 33.6. The SMILES string of the molecule is COC1C(OC2C(OCC(C=CC(C)C3C(O)C(O)C4C3(C)CCC3C5(C)CCC(O)C(O)C5C(O)CC34O)C(C)CO)OC(C(O)CO)C2O)OCC(O)C1O. The molecule has 0 amide bonds. The second-order valence-corrected chi connectivity index (χ2v) is 18.6. The molecule has 4 aliphatic carbocycles. The summed E-state index contributed by atoms with van der Waals surface area (Å²) in [6.45, 7) is 6.31. The largest absolute Gasteiger partial charge is 0.396 e. The summed E-state index contributed by atoms with van der Waals surface area (Å²) in [7, 11) is 1.29. The molecule has 330 valence electrons. The van der Waals surface area contributed by atoms with Gasteiger partial charge in [0.1, 0.15) is 42.7 Å². The third kappa shape index (κ3) is 7.79. The average molecular weight is 821 g/mol. The van der Waals surface area contributed by atoms with Crippen LogP contribution in [0.15, 0.2) is 12.2 Å². The third-order valence-electron chi connectivity index (χ3n) is 15.4. The van der Waals surface area contributed by atoms with Gasteiger partial charge in [-0.2, -0.15) is 0 Å². The van der Waals surface area contributed by atoms with Crippen LogP contribution in [0.3, 0.4) is 0 Å². The van der Waals surface area contributed by atoms with Crippen LogP contribution in [0.25, 0.3) is 0 Å². The van der Waals surface area contributed by atoms with E-state index in [0.717, 1.165) is 0 Å². The molecule has 57 heavy (non-hydrogen) atoms. The quantitative estimate of drug-likeness (QED) is 0.0847. The predicted octanol–water partition coefficient (Wildman–Crippen LogP) is -2.62. The van der Waals surface area contributed by atoms with Crippen molar-refractivity contribution in [2.75, 3.05) is 33.5 Å². The first kappa shape index (κ1) is 45.6. The van der Waals surface area contributed by atoms with E-state index in [1.807, 2.05) is 32.9 Å². The first-order chi connectivity index (χ1) is 26.8. The average Bonchev–Trinajstić information content (AvgIpc) is 3.58. The van der Waals surface area contributed by atoms with Gasteiger partial charge in [-0.3, -0.25) is 0 Å². The van der Waals surface area contributed by atoms with E-state index in [1.165, 1.54) is 7.11 Å². The minimum atomic E-state index is -1.55. The molecule has 24 unspecified atom stereocenters. The standard InChI is InChI=1S/C40H68O17/c1-17(25-29(49)30(50)35-39(25,4)11-9-24-38(3)10-8-20(43)27(47)26(38)21(44)12-40(24,35)52)6-7-19(18(2)13-41)15-54-37-34(31(51)32(56-37)22(45)14-42)57-36-33(53-5)28(48)23(46)16-55-36/h6-7,17-37,41-52H,8-16H2,1-5H3. The van der Waals surface area contributed by atoms with Gasteiger partial charge in [-0.25, -0.2) is 0 Å². The highest BCUT2D eigenvalue weighted by Gasteiger charge is 2.73. The van der Waals surface area contributed by atoms with Crippen molar-refractivity contribution in [1.82, 2.24) is 0 Å². The second kappa shape index (κ2) is 17.4. The van der Waals surface area contributed by atoms with E-state index in [2.05, 4.69) is 0 Å². The number of aliphatic hydroxyl groups is 12. The molecule has 0 spiro atoms. The Morgan fingerprint density at radius 1 is 0.772 bits per heavy atom. The van der Waals surface area contributed by atoms with E-state index in [4.69, 9.17) is 23.7 Å². The highest BCUT2D eigenvalue weighted by atomic mass is 16.8. The number of methoxy groups -OCH3 is 1. The van der Waals surface area contributed by atoms with Crippen molar-refractivity contribution in [2.24, 2.45) is 52.3 Å². The van der Waals surface area contributed by atoms with Crippen LogP contribution >= 0.6 is 0 Å². The van der Waals surface area contributed by atoms with E-state index in [0.29, 0.717) is 25.7 Å². The lowest BCUT2D eigenvalue weighted by atomic mass is 9.41. The van der Waals surface area contributed by atoms with Crippen LogP contribution in [0, 0.1) is 52.3 Å². The molecule has 17 nitrogen and oxygen atoms in total. The summed E-state index contributed by atoms with van der Waals surface area (Å²) in [6.07, 6.45) is -12.2. The Morgan fingerprint density at radius 3 is 2.11 bits per heavy atom. The van der Waals surface area contributed by atoms with Gasteiger partial charge in [0.15, 0.2) is 12.6 Å². The lowest BCUT2D eigenvalue weighted by molar-refractivity contribution is -0.308. The first-order valence-corrected chi connectivity index (χ1v) is 20.6. The van der Waals surface area contributed by atoms with Gasteiger partial charge in [-0.05, 0) is 60.2 Å². The Hall–Kier alpha value is -0.940. The molecule has 4 saturated carbocycles. The molecule has 24 atom stereocenters. The number of fused-ring (bicyclic) bond motifs is 5. The number of rotatable bonds is 13. The molecule has 6 rings (SSSR count). The smallest absolute Gasteiger partial charge is 0.187 e. The molecule has 0 aromatic rings. The van der Waals surface area contributed by atoms with Gasteiger partial charge in [-0.1, -0.05) is 39.8 Å².